The van der Waals surface area contributed by atoms with Gasteiger partial charge in [0, 0.05) is 5.54 Å². The van der Waals surface area contributed by atoms with E-state index in [9.17, 15) is 8.42 Å². The second kappa shape index (κ2) is 6.86. The fourth-order valence-electron chi connectivity index (χ4n) is 1.94. The van der Waals surface area contributed by atoms with Gasteiger partial charge in [-0.1, -0.05) is 11.6 Å². The van der Waals surface area contributed by atoms with Crippen LogP contribution in [0.5, 0.6) is 5.75 Å². The molecule has 0 unspecified atom stereocenters. The highest BCUT2D eigenvalue weighted by atomic mass is 35.5. The maximum absolute atomic E-state index is 12.4. The number of hydrogen-bond donors (Lipinski definition) is 2. The Morgan fingerprint density at radius 3 is 2.38 bits per heavy atom. The highest BCUT2D eigenvalue weighted by Crippen LogP contribution is 2.28. The van der Waals surface area contributed by atoms with Crippen LogP contribution in [0, 0.1) is 0 Å². The molecule has 0 fully saturated rings. The Balaban J connectivity index is 2.18. The molecule has 24 heavy (non-hydrogen) atoms. The Morgan fingerprint density at radius 2 is 1.88 bits per heavy atom. The first-order valence-corrected chi connectivity index (χ1v) is 9.07. The van der Waals surface area contributed by atoms with Gasteiger partial charge in [-0.2, -0.15) is 0 Å². The van der Waals surface area contributed by atoms with Crippen molar-refractivity contribution in [2.75, 3.05) is 17.1 Å². The van der Waals surface area contributed by atoms with Crippen molar-refractivity contribution < 1.29 is 13.2 Å². The number of sulfonamides is 1. The monoisotopic (exact) mass is 369 g/mol. The van der Waals surface area contributed by atoms with E-state index in [-0.39, 0.29) is 15.5 Å². The number of aromatic nitrogens is 1. The average Bonchev–Trinajstić information content (AvgIpc) is 2.47. The Kier molecular flexibility index (Phi) is 5.25. The van der Waals surface area contributed by atoms with Gasteiger partial charge in [-0.25, -0.2) is 13.4 Å². The number of ether oxygens (including phenoxy) is 1. The SMILES string of the molecule is COc1ccc(S(=O)(=O)Nc2ccc(NC(C)(C)C)nc2)cc1Cl. The number of rotatable bonds is 5. The minimum Gasteiger partial charge on any atom is -0.495 e. The predicted octanol–water partition coefficient (Wildman–Crippen LogP) is 3.75. The third-order valence-electron chi connectivity index (χ3n) is 2.95. The summed E-state index contributed by atoms with van der Waals surface area (Å²) in [5.74, 6) is 1.08. The molecule has 0 saturated heterocycles. The van der Waals surface area contributed by atoms with Crippen molar-refractivity contribution in [2.45, 2.75) is 31.2 Å². The standard InChI is InChI=1S/C16H20ClN3O3S/c1-16(2,3)19-15-8-5-11(10-18-15)20-24(21,22)12-6-7-14(23-4)13(17)9-12/h5-10,20H,1-4H3,(H,18,19). The summed E-state index contributed by atoms with van der Waals surface area (Å²) in [4.78, 5) is 4.25. The zero-order valence-electron chi connectivity index (χ0n) is 13.9. The fraction of sp³-hybridized carbons (Fsp3) is 0.312. The van der Waals surface area contributed by atoms with Gasteiger partial charge in [-0.15, -0.1) is 0 Å². The Bertz CT molecular complexity index is 815. The largest absolute Gasteiger partial charge is 0.495 e. The highest BCUT2D eigenvalue weighted by Gasteiger charge is 2.17. The van der Waals surface area contributed by atoms with E-state index in [1.807, 2.05) is 20.8 Å². The van der Waals surface area contributed by atoms with Crippen LogP contribution in [0.3, 0.4) is 0 Å². The zero-order chi connectivity index (χ0) is 18.0. The van der Waals surface area contributed by atoms with E-state index in [1.54, 1.807) is 12.1 Å². The third kappa shape index (κ3) is 4.75. The summed E-state index contributed by atoms with van der Waals surface area (Å²) in [5, 5.41) is 3.43. The second-order valence-corrected chi connectivity index (χ2v) is 8.30. The Hall–Kier alpha value is -1.99. The molecule has 2 rings (SSSR count). The molecule has 1 aromatic carbocycles. The third-order valence-corrected chi connectivity index (χ3v) is 4.63. The molecular weight excluding hydrogens is 350 g/mol. The van der Waals surface area contributed by atoms with Crippen LogP contribution in [0.15, 0.2) is 41.4 Å². The zero-order valence-corrected chi connectivity index (χ0v) is 15.5. The first-order valence-electron chi connectivity index (χ1n) is 7.21. The van der Waals surface area contributed by atoms with Crippen molar-refractivity contribution >= 4 is 33.1 Å². The van der Waals surface area contributed by atoms with Gasteiger partial charge in [0.15, 0.2) is 0 Å². The van der Waals surface area contributed by atoms with Gasteiger partial charge in [0.05, 0.1) is 28.9 Å². The minimum atomic E-state index is -3.76. The van der Waals surface area contributed by atoms with Crippen molar-refractivity contribution in [1.29, 1.82) is 0 Å². The van der Waals surface area contributed by atoms with Crippen molar-refractivity contribution in [3.8, 4) is 5.75 Å². The summed E-state index contributed by atoms with van der Waals surface area (Å²) in [7, 11) is -2.29. The summed E-state index contributed by atoms with van der Waals surface area (Å²) < 4.78 is 32.3. The summed E-state index contributed by atoms with van der Waals surface area (Å²) in [6.45, 7) is 6.04. The summed E-state index contributed by atoms with van der Waals surface area (Å²) in [6, 6.07) is 7.63. The van der Waals surface area contributed by atoms with Gasteiger partial charge in [0.2, 0.25) is 0 Å². The molecule has 6 nitrogen and oxygen atoms in total. The molecule has 2 aromatic rings. The number of anilines is 2. The Labute approximate surface area is 147 Å². The van der Waals surface area contributed by atoms with Crippen LogP contribution >= 0.6 is 11.6 Å². The molecular formula is C16H20ClN3O3S. The minimum absolute atomic E-state index is 0.0465. The maximum atomic E-state index is 12.4. The molecule has 1 heterocycles. The molecule has 0 spiro atoms. The van der Waals surface area contributed by atoms with Gasteiger partial charge in [-0.3, -0.25) is 4.72 Å². The molecule has 0 aliphatic rings. The van der Waals surface area contributed by atoms with Gasteiger partial charge in [0.25, 0.3) is 10.0 Å². The van der Waals surface area contributed by atoms with E-state index in [0.29, 0.717) is 17.3 Å². The number of nitrogens with one attached hydrogen (secondary N) is 2. The number of nitrogens with zero attached hydrogens (tertiary/aromatic N) is 1. The van der Waals surface area contributed by atoms with Gasteiger partial charge in [-0.05, 0) is 51.1 Å². The fourth-order valence-corrected chi connectivity index (χ4v) is 3.33. The highest BCUT2D eigenvalue weighted by molar-refractivity contribution is 7.92. The molecule has 0 amide bonds. The number of benzene rings is 1. The lowest BCUT2D eigenvalue weighted by Crippen LogP contribution is -2.26. The topological polar surface area (TPSA) is 80.3 Å². The van der Waals surface area contributed by atoms with Crippen molar-refractivity contribution in [1.82, 2.24) is 4.98 Å². The maximum Gasteiger partial charge on any atom is 0.261 e. The van der Waals surface area contributed by atoms with Gasteiger partial charge >= 0.3 is 0 Å². The molecule has 2 N–H and O–H groups in total. The van der Waals surface area contributed by atoms with Crippen LogP contribution in [0.4, 0.5) is 11.5 Å². The molecule has 0 bridgehead atoms. The van der Waals surface area contributed by atoms with Crippen molar-refractivity contribution in [3.63, 3.8) is 0 Å². The number of pyridine rings is 1. The Morgan fingerprint density at radius 1 is 1.17 bits per heavy atom. The van der Waals surface area contributed by atoms with Crippen LogP contribution in [-0.4, -0.2) is 26.1 Å². The molecule has 8 heteroatoms. The van der Waals surface area contributed by atoms with Crippen LogP contribution < -0.4 is 14.8 Å². The molecule has 1 aromatic heterocycles. The van der Waals surface area contributed by atoms with Crippen LogP contribution in [-0.2, 0) is 10.0 Å². The number of methoxy groups -OCH3 is 1. The van der Waals surface area contributed by atoms with Gasteiger partial charge in [0.1, 0.15) is 11.6 Å². The van der Waals surface area contributed by atoms with Crippen molar-refractivity contribution in [2.24, 2.45) is 0 Å². The normalized spacial score (nSPS) is 11.9. The summed E-state index contributed by atoms with van der Waals surface area (Å²) >= 11 is 5.98. The van der Waals surface area contributed by atoms with Crippen LogP contribution in [0.2, 0.25) is 5.02 Å². The van der Waals surface area contributed by atoms with Crippen LogP contribution in [0.25, 0.3) is 0 Å². The van der Waals surface area contributed by atoms with E-state index in [4.69, 9.17) is 16.3 Å². The molecule has 0 atom stereocenters. The number of halogens is 1. The average molecular weight is 370 g/mol. The van der Waals surface area contributed by atoms with E-state index < -0.39 is 10.0 Å². The van der Waals surface area contributed by atoms with E-state index in [2.05, 4.69) is 15.0 Å². The summed E-state index contributed by atoms with van der Waals surface area (Å²) in [6.07, 6.45) is 1.46. The first kappa shape index (κ1) is 18.4. The van der Waals surface area contributed by atoms with E-state index in [1.165, 1.54) is 31.5 Å². The first-order chi connectivity index (χ1) is 11.1. The van der Waals surface area contributed by atoms with Crippen molar-refractivity contribution in [3.05, 3.63) is 41.6 Å². The second-order valence-electron chi connectivity index (χ2n) is 6.21. The van der Waals surface area contributed by atoms with E-state index >= 15 is 0 Å². The molecule has 0 aliphatic carbocycles. The smallest absolute Gasteiger partial charge is 0.261 e. The quantitative estimate of drug-likeness (QED) is 0.838. The lowest BCUT2D eigenvalue weighted by Gasteiger charge is -2.21. The number of hydrogen-bond acceptors (Lipinski definition) is 5. The van der Waals surface area contributed by atoms with E-state index in [0.717, 1.165) is 0 Å². The molecule has 0 aliphatic heterocycles. The lowest BCUT2D eigenvalue weighted by atomic mass is 10.1. The molecule has 0 saturated carbocycles. The van der Waals surface area contributed by atoms with Crippen LogP contribution in [0.1, 0.15) is 20.8 Å². The molecule has 130 valence electrons. The van der Waals surface area contributed by atoms with Gasteiger partial charge < -0.3 is 10.1 Å². The molecule has 0 radical (unpaired) electrons. The predicted molar refractivity (Wildman–Crippen MR) is 96.4 cm³/mol. The summed E-state index contributed by atoms with van der Waals surface area (Å²) in [5.41, 5.74) is 0.231. The lowest BCUT2D eigenvalue weighted by molar-refractivity contribution is 0.414.